The Morgan fingerprint density at radius 1 is 1.21 bits per heavy atom. The van der Waals surface area contributed by atoms with Crippen molar-refractivity contribution in [2.75, 3.05) is 13.2 Å². The molecule has 0 bridgehead atoms. The highest BCUT2D eigenvalue weighted by atomic mass is 32.1. The number of terminal acetylenes is 1. The second kappa shape index (κ2) is 9.22. The number of benzene rings is 2. The van der Waals surface area contributed by atoms with Crippen molar-refractivity contribution in [1.29, 1.82) is 0 Å². The number of aromatic nitrogens is 1. The van der Waals surface area contributed by atoms with Crippen molar-refractivity contribution in [2.24, 2.45) is 4.99 Å². The maximum atomic E-state index is 12.3. The second-order valence-electron chi connectivity index (χ2n) is 6.19. The van der Waals surface area contributed by atoms with Crippen LogP contribution in [0.5, 0.6) is 5.75 Å². The Balaban J connectivity index is 1.88. The number of esters is 1. The summed E-state index contributed by atoms with van der Waals surface area (Å²) in [5.41, 5.74) is 2.34. The van der Waals surface area contributed by atoms with E-state index in [1.165, 1.54) is 11.3 Å². The molecule has 2 aromatic carbocycles. The predicted molar refractivity (Wildman–Crippen MR) is 112 cm³/mol. The minimum Gasteiger partial charge on any atom is -0.484 e. The van der Waals surface area contributed by atoms with Crippen molar-refractivity contribution < 1.29 is 19.1 Å². The van der Waals surface area contributed by atoms with Gasteiger partial charge in [-0.1, -0.05) is 35.0 Å². The number of nitrogens with zero attached hydrogens (tertiary/aromatic N) is 2. The first-order chi connectivity index (χ1) is 14.0. The van der Waals surface area contributed by atoms with Gasteiger partial charge in [0, 0.05) is 0 Å². The molecule has 0 aliphatic carbocycles. The van der Waals surface area contributed by atoms with E-state index in [9.17, 15) is 9.59 Å². The van der Waals surface area contributed by atoms with Gasteiger partial charge >= 0.3 is 5.97 Å². The molecular formula is C22H20N2O4S. The zero-order valence-corrected chi connectivity index (χ0v) is 17.0. The van der Waals surface area contributed by atoms with Crippen molar-refractivity contribution in [2.45, 2.75) is 20.4 Å². The molecule has 0 saturated heterocycles. The van der Waals surface area contributed by atoms with Crippen LogP contribution in [-0.4, -0.2) is 29.7 Å². The van der Waals surface area contributed by atoms with Crippen LogP contribution in [0.25, 0.3) is 10.2 Å². The van der Waals surface area contributed by atoms with Crippen LogP contribution < -0.4 is 9.54 Å². The lowest BCUT2D eigenvalue weighted by Crippen LogP contribution is -2.19. The third-order valence-electron chi connectivity index (χ3n) is 4.05. The zero-order valence-electron chi connectivity index (χ0n) is 16.2. The minimum atomic E-state index is -0.423. The molecule has 0 aliphatic rings. The summed E-state index contributed by atoms with van der Waals surface area (Å²) >= 11 is 1.28. The molecule has 0 fully saturated rings. The lowest BCUT2D eigenvalue weighted by Gasteiger charge is -2.04. The maximum absolute atomic E-state index is 12.3. The number of aryl methyl sites for hydroxylation is 1. The van der Waals surface area contributed by atoms with Crippen LogP contribution in [0, 0.1) is 19.3 Å². The Hall–Kier alpha value is -3.37. The lowest BCUT2D eigenvalue weighted by atomic mass is 10.2. The Kier molecular flexibility index (Phi) is 6.47. The molecule has 29 heavy (non-hydrogen) atoms. The van der Waals surface area contributed by atoms with E-state index in [-0.39, 0.29) is 13.2 Å². The SMILES string of the molecule is C#CCn1c(=NC(=O)COc2ccc(C)cc2)sc2cc(C(=O)OCC)ccc21. The number of hydrogen-bond acceptors (Lipinski definition) is 5. The normalized spacial score (nSPS) is 11.3. The molecule has 3 aromatic rings. The molecule has 6 nitrogen and oxygen atoms in total. The third kappa shape index (κ3) is 4.92. The van der Waals surface area contributed by atoms with E-state index in [4.69, 9.17) is 15.9 Å². The van der Waals surface area contributed by atoms with E-state index >= 15 is 0 Å². The number of rotatable bonds is 6. The van der Waals surface area contributed by atoms with Crippen molar-refractivity contribution in [3.8, 4) is 18.1 Å². The molecule has 0 N–H and O–H groups in total. The molecule has 148 valence electrons. The van der Waals surface area contributed by atoms with E-state index in [2.05, 4.69) is 10.9 Å². The van der Waals surface area contributed by atoms with Crippen LogP contribution >= 0.6 is 11.3 Å². The second-order valence-corrected chi connectivity index (χ2v) is 7.19. The van der Waals surface area contributed by atoms with Gasteiger partial charge in [0.1, 0.15) is 5.75 Å². The van der Waals surface area contributed by atoms with E-state index in [0.717, 1.165) is 15.8 Å². The number of fused-ring (bicyclic) bond motifs is 1. The van der Waals surface area contributed by atoms with Gasteiger partial charge in [0.25, 0.3) is 5.91 Å². The Morgan fingerprint density at radius 2 is 1.97 bits per heavy atom. The van der Waals surface area contributed by atoms with Gasteiger partial charge in [-0.05, 0) is 44.2 Å². The summed E-state index contributed by atoms with van der Waals surface area (Å²) in [4.78, 5) is 28.9. The lowest BCUT2D eigenvalue weighted by molar-refractivity contribution is -0.120. The standard InChI is InChI=1S/C22H20N2O4S/c1-4-12-24-18-11-8-16(21(26)27-5-2)13-19(18)29-22(24)23-20(25)14-28-17-9-6-15(3)7-10-17/h1,6-11,13H,5,12,14H2,2-3H3. The Morgan fingerprint density at radius 3 is 2.66 bits per heavy atom. The van der Waals surface area contributed by atoms with Gasteiger partial charge in [-0.2, -0.15) is 4.99 Å². The highest BCUT2D eigenvalue weighted by Gasteiger charge is 2.12. The Bertz CT molecular complexity index is 1150. The third-order valence-corrected chi connectivity index (χ3v) is 5.09. The number of carbonyl (C=O) groups excluding carboxylic acids is 2. The van der Waals surface area contributed by atoms with Crippen molar-refractivity contribution in [3.05, 3.63) is 58.4 Å². The van der Waals surface area contributed by atoms with Crippen molar-refractivity contribution in [3.63, 3.8) is 0 Å². The zero-order chi connectivity index (χ0) is 20.8. The smallest absolute Gasteiger partial charge is 0.338 e. The largest absolute Gasteiger partial charge is 0.484 e. The average Bonchev–Trinajstić information content (AvgIpc) is 3.04. The number of carbonyl (C=O) groups is 2. The average molecular weight is 408 g/mol. The fraction of sp³-hybridized carbons (Fsp3) is 0.227. The molecule has 0 radical (unpaired) electrons. The first kappa shape index (κ1) is 20.4. The monoisotopic (exact) mass is 408 g/mol. The van der Waals surface area contributed by atoms with Gasteiger partial charge in [-0.3, -0.25) is 4.79 Å². The molecule has 1 heterocycles. The van der Waals surface area contributed by atoms with Crippen LogP contribution in [0.3, 0.4) is 0 Å². The highest BCUT2D eigenvalue weighted by Crippen LogP contribution is 2.20. The van der Waals surface area contributed by atoms with E-state index in [0.29, 0.717) is 22.7 Å². The number of thiazole rings is 1. The summed E-state index contributed by atoms with van der Waals surface area (Å²) in [5, 5.41) is 0. The molecule has 0 aliphatic heterocycles. The molecule has 0 saturated carbocycles. The van der Waals surface area contributed by atoms with Crippen LogP contribution in [0.2, 0.25) is 0 Å². The summed E-state index contributed by atoms with van der Waals surface area (Å²) in [5.74, 6) is 2.36. The summed E-state index contributed by atoms with van der Waals surface area (Å²) < 4.78 is 13.1. The topological polar surface area (TPSA) is 69.9 Å². The molecule has 0 atom stereocenters. The first-order valence-corrected chi connectivity index (χ1v) is 9.84. The van der Waals surface area contributed by atoms with Gasteiger partial charge in [0.15, 0.2) is 11.4 Å². The highest BCUT2D eigenvalue weighted by molar-refractivity contribution is 7.16. The van der Waals surface area contributed by atoms with Crippen LogP contribution in [0.4, 0.5) is 0 Å². The van der Waals surface area contributed by atoms with E-state index in [1.807, 2.05) is 19.1 Å². The van der Waals surface area contributed by atoms with Crippen molar-refractivity contribution in [1.82, 2.24) is 4.57 Å². The molecule has 0 spiro atoms. The molecular weight excluding hydrogens is 388 g/mol. The fourth-order valence-electron chi connectivity index (χ4n) is 2.66. The van der Waals surface area contributed by atoms with E-state index in [1.54, 1.807) is 41.8 Å². The Labute approximate surface area is 172 Å². The molecule has 1 aromatic heterocycles. The van der Waals surface area contributed by atoms with Crippen LogP contribution in [0.15, 0.2) is 47.5 Å². The van der Waals surface area contributed by atoms with Gasteiger partial charge in [-0.25, -0.2) is 4.79 Å². The van der Waals surface area contributed by atoms with Gasteiger partial charge in [0.05, 0.1) is 28.9 Å². The number of amides is 1. The molecule has 3 rings (SSSR count). The minimum absolute atomic E-state index is 0.179. The van der Waals surface area contributed by atoms with E-state index < -0.39 is 11.9 Å². The summed E-state index contributed by atoms with van der Waals surface area (Å²) in [7, 11) is 0. The maximum Gasteiger partial charge on any atom is 0.338 e. The van der Waals surface area contributed by atoms with Crippen molar-refractivity contribution >= 4 is 33.4 Å². The summed E-state index contributed by atoms with van der Waals surface area (Å²) in [6.07, 6.45) is 5.48. The molecule has 0 unspecified atom stereocenters. The number of hydrogen-bond donors (Lipinski definition) is 0. The van der Waals surface area contributed by atoms with Gasteiger partial charge in [0.2, 0.25) is 0 Å². The van der Waals surface area contributed by atoms with Crippen LogP contribution in [0.1, 0.15) is 22.8 Å². The molecule has 7 heteroatoms. The number of ether oxygens (including phenoxy) is 2. The summed E-state index contributed by atoms with van der Waals surface area (Å²) in [6, 6.07) is 12.6. The van der Waals surface area contributed by atoms with Gasteiger partial charge in [-0.15, -0.1) is 6.42 Å². The van der Waals surface area contributed by atoms with Crippen LogP contribution in [-0.2, 0) is 16.1 Å². The molecule has 1 amide bonds. The summed E-state index contributed by atoms with van der Waals surface area (Å²) in [6.45, 7) is 4.10. The van der Waals surface area contributed by atoms with Gasteiger partial charge < -0.3 is 14.0 Å². The first-order valence-electron chi connectivity index (χ1n) is 9.03. The predicted octanol–water partition coefficient (Wildman–Crippen LogP) is 3.33. The quantitative estimate of drug-likeness (QED) is 0.463. The fourth-order valence-corrected chi connectivity index (χ4v) is 3.75.